The van der Waals surface area contributed by atoms with E-state index in [0.717, 1.165) is 39.4 Å². The Bertz CT molecular complexity index is 1550. The molecule has 5 aromatic rings. The molecule has 3 heterocycles. The van der Waals surface area contributed by atoms with E-state index in [9.17, 15) is 8.42 Å². The molecule has 0 fully saturated rings. The van der Waals surface area contributed by atoms with E-state index in [1.807, 2.05) is 31.2 Å². The molecule has 0 saturated carbocycles. The number of fused-ring (bicyclic) bond motifs is 4. The highest BCUT2D eigenvalue weighted by Crippen LogP contribution is 2.31. The van der Waals surface area contributed by atoms with Crippen LogP contribution in [-0.2, 0) is 23.6 Å². The zero-order chi connectivity index (χ0) is 21.0. The zero-order valence-electron chi connectivity index (χ0n) is 16.9. The lowest BCUT2D eigenvalue weighted by Crippen LogP contribution is -2.13. The first-order chi connectivity index (χ1) is 14.4. The number of hydrogen-bond acceptors (Lipinski definition) is 4. The van der Waals surface area contributed by atoms with Crippen LogP contribution in [0.15, 0.2) is 59.6 Å². The van der Waals surface area contributed by atoms with Crippen LogP contribution in [0.3, 0.4) is 0 Å². The number of nitrogens with one attached hydrogen (secondary N) is 1. The van der Waals surface area contributed by atoms with Gasteiger partial charge in [-0.25, -0.2) is 13.4 Å². The first kappa shape index (κ1) is 18.6. The molecule has 5 rings (SSSR count). The SMILES string of the molecule is CCn1c2ccccc2c2cc(NS(=O)(=O)c3cnc4c(c3)c(C)nn4C)ccc21. The minimum absolute atomic E-state index is 0.113. The minimum atomic E-state index is -3.79. The van der Waals surface area contributed by atoms with Crippen molar-refractivity contribution in [3.8, 4) is 0 Å². The highest BCUT2D eigenvalue weighted by Gasteiger charge is 2.19. The molecule has 0 atom stereocenters. The smallest absolute Gasteiger partial charge is 0.263 e. The lowest BCUT2D eigenvalue weighted by atomic mass is 10.1. The summed E-state index contributed by atoms with van der Waals surface area (Å²) in [6.07, 6.45) is 1.37. The topological polar surface area (TPSA) is 81.8 Å². The van der Waals surface area contributed by atoms with Gasteiger partial charge in [0.05, 0.1) is 5.69 Å². The van der Waals surface area contributed by atoms with Crippen LogP contribution in [0, 0.1) is 6.92 Å². The maximum Gasteiger partial charge on any atom is 0.263 e. The van der Waals surface area contributed by atoms with Gasteiger partial charge < -0.3 is 4.57 Å². The number of aromatic nitrogens is 4. The highest BCUT2D eigenvalue weighted by atomic mass is 32.2. The molecule has 0 aliphatic rings. The molecule has 152 valence electrons. The van der Waals surface area contributed by atoms with E-state index >= 15 is 0 Å². The van der Waals surface area contributed by atoms with E-state index in [2.05, 4.69) is 38.4 Å². The number of para-hydroxylation sites is 1. The average Bonchev–Trinajstić information content (AvgIpc) is 3.21. The standard InChI is InChI=1S/C22H21N5O2S/c1-4-27-20-8-6-5-7-17(20)19-11-15(9-10-21(19)27)25-30(28,29)16-12-18-14(2)24-26(3)22(18)23-13-16/h5-13,25H,4H2,1-3H3. The summed E-state index contributed by atoms with van der Waals surface area (Å²) in [5, 5.41) is 7.15. The van der Waals surface area contributed by atoms with Gasteiger partial charge in [0.15, 0.2) is 5.65 Å². The summed E-state index contributed by atoms with van der Waals surface area (Å²) < 4.78 is 32.7. The molecule has 3 aromatic heterocycles. The molecule has 0 amide bonds. The third-order valence-corrected chi connectivity index (χ3v) is 6.84. The summed E-state index contributed by atoms with van der Waals surface area (Å²) in [5.74, 6) is 0. The predicted molar refractivity (Wildman–Crippen MR) is 119 cm³/mol. The second-order valence-corrected chi connectivity index (χ2v) is 9.03. The molecular formula is C22H21N5O2S. The van der Waals surface area contributed by atoms with E-state index in [1.165, 1.54) is 6.20 Å². The van der Waals surface area contributed by atoms with Gasteiger partial charge in [0.25, 0.3) is 10.0 Å². The number of pyridine rings is 1. The van der Waals surface area contributed by atoms with Crippen molar-refractivity contribution in [1.29, 1.82) is 0 Å². The first-order valence-corrected chi connectivity index (χ1v) is 11.2. The van der Waals surface area contributed by atoms with Crippen molar-refractivity contribution >= 4 is 48.5 Å². The third kappa shape index (κ3) is 2.75. The molecule has 7 nitrogen and oxygen atoms in total. The maximum absolute atomic E-state index is 13.0. The van der Waals surface area contributed by atoms with Gasteiger partial charge in [0.1, 0.15) is 4.90 Å². The van der Waals surface area contributed by atoms with Gasteiger partial charge in [-0.1, -0.05) is 18.2 Å². The van der Waals surface area contributed by atoms with E-state index < -0.39 is 10.0 Å². The molecule has 0 radical (unpaired) electrons. The summed E-state index contributed by atoms with van der Waals surface area (Å²) in [4.78, 5) is 4.41. The van der Waals surface area contributed by atoms with Crippen LogP contribution in [0.4, 0.5) is 5.69 Å². The molecule has 0 aliphatic heterocycles. The molecule has 8 heteroatoms. The average molecular weight is 420 g/mol. The highest BCUT2D eigenvalue weighted by molar-refractivity contribution is 7.92. The van der Waals surface area contributed by atoms with E-state index in [1.54, 1.807) is 23.9 Å². The fourth-order valence-corrected chi connectivity index (χ4v) is 5.13. The van der Waals surface area contributed by atoms with Gasteiger partial charge in [-0.2, -0.15) is 5.10 Å². The Balaban J connectivity index is 1.59. The predicted octanol–water partition coefficient (Wildman–Crippen LogP) is 4.21. The zero-order valence-corrected chi connectivity index (χ0v) is 17.7. The second-order valence-electron chi connectivity index (χ2n) is 7.35. The molecule has 0 unspecified atom stereocenters. The van der Waals surface area contributed by atoms with Gasteiger partial charge >= 0.3 is 0 Å². The molecule has 2 aromatic carbocycles. The summed E-state index contributed by atoms with van der Waals surface area (Å²) in [6.45, 7) is 4.78. The van der Waals surface area contributed by atoms with Crippen molar-refractivity contribution in [2.45, 2.75) is 25.3 Å². The molecule has 1 N–H and O–H groups in total. The largest absolute Gasteiger partial charge is 0.341 e. The quantitative estimate of drug-likeness (QED) is 0.473. The van der Waals surface area contributed by atoms with Gasteiger partial charge in [-0.05, 0) is 44.2 Å². The molecule has 0 bridgehead atoms. The molecule has 30 heavy (non-hydrogen) atoms. The Hall–Kier alpha value is -3.39. The number of aryl methyl sites for hydroxylation is 3. The summed E-state index contributed by atoms with van der Waals surface area (Å²) in [7, 11) is -2.00. The first-order valence-electron chi connectivity index (χ1n) is 9.72. The number of hydrogen-bond donors (Lipinski definition) is 1. The van der Waals surface area contributed by atoms with Crippen molar-refractivity contribution in [3.05, 3.63) is 60.4 Å². The van der Waals surface area contributed by atoms with Crippen molar-refractivity contribution in [2.75, 3.05) is 4.72 Å². The van der Waals surface area contributed by atoms with Crippen LogP contribution >= 0.6 is 0 Å². The summed E-state index contributed by atoms with van der Waals surface area (Å²) in [6, 6.07) is 15.4. The van der Waals surface area contributed by atoms with Gasteiger partial charge in [0, 0.05) is 52.7 Å². The molecule has 0 spiro atoms. The van der Waals surface area contributed by atoms with Crippen molar-refractivity contribution in [1.82, 2.24) is 19.3 Å². The van der Waals surface area contributed by atoms with E-state index in [0.29, 0.717) is 11.3 Å². The minimum Gasteiger partial charge on any atom is -0.341 e. The lowest BCUT2D eigenvalue weighted by Gasteiger charge is -2.09. The van der Waals surface area contributed by atoms with Gasteiger partial charge in [-0.3, -0.25) is 9.40 Å². The van der Waals surface area contributed by atoms with Crippen molar-refractivity contribution in [3.63, 3.8) is 0 Å². The van der Waals surface area contributed by atoms with Gasteiger partial charge in [0.2, 0.25) is 0 Å². The van der Waals surface area contributed by atoms with Crippen molar-refractivity contribution < 1.29 is 8.42 Å². The Kier molecular flexibility index (Phi) is 4.08. The number of nitrogens with zero attached hydrogens (tertiary/aromatic N) is 4. The van der Waals surface area contributed by atoms with E-state index in [-0.39, 0.29) is 4.90 Å². The monoisotopic (exact) mass is 419 g/mol. The lowest BCUT2D eigenvalue weighted by molar-refractivity contribution is 0.601. The summed E-state index contributed by atoms with van der Waals surface area (Å²) in [5.41, 5.74) is 4.13. The van der Waals surface area contributed by atoms with Crippen LogP contribution < -0.4 is 4.72 Å². The van der Waals surface area contributed by atoms with Crippen molar-refractivity contribution in [2.24, 2.45) is 7.05 Å². The molecule has 0 aliphatic carbocycles. The Morgan fingerprint density at radius 3 is 2.57 bits per heavy atom. The normalized spacial score (nSPS) is 12.2. The number of anilines is 1. The van der Waals surface area contributed by atoms with Crippen LogP contribution in [0.5, 0.6) is 0 Å². The second kappa shape index (κ2) is 6.56. The van der Waals surface area contributed by atoms with E-state index in [4.69, 9.17) is 0 Å². The fourth-order valence-electron chi connectivity index (χ4n) is 4.11. The third-order valence-electron chi connectivity index (χ3n) is 5.49. The molecule has 0 saturated heterocycles. The Morgan fingerprint density at radius 2 is 1.77 bits per heavy atom. The van der Waals surface area contributed by atoms with Crippen LogP contribution in [0.25, 0.3) is 32.8 Å². The van der Waals surface area contributed by atoms with Crippen LogP contribution in [0.2, 0.25) is 0 Å². The fraction of sp³-hybridized carbons (Fsp3) is 0.182. The molecular weight excluding hydrogens is 398 g/mol. The van der Waals surface area contributed by atoms with Crippen LogP contribution in [-0.4, -0.2) is 27.7 Å². The Morgan fingerprint density at radius 1 is 1.00 bits per heavy atom. The Labute approximate surface area is 174 Å². The van der Waals surface area contributed by atoms with Crippen LogP contribution in [0.1, 0.15) is 12.6 Å². The maximum atomic E-state index is 13.0. The number of rotatable bonds is 4. The summed E-state index contributed by atoms with van der Waals surface area (Å²) >= 11 is 0. The number of benzene rings is 2. The van der Waals surface area contributed by atoms with Gasteiger partial charge in [-0.15, -0.1) is 0 Å². The number of sulfonamides is 1.